The number of nitrogens with zero attached hydrogens (tertiary/aromatic N) is 2. The second kappa shape index (κ2) is 7.25. The molecule has 0 aliphatic carbocycles. The summed E-state index contributed by atoms with van der Waals surface area (Å²) in [4.78, 5) is 9.63. The van der Waals surface area contributed by atoms with Gasteiger partial charge in [0, 0.05) is 24.0 Å². The van der Waals surface area contributed by atoms with E-state index >= 15 is 0 Å². The maximum atomic E-state index is 11.1. The molecule has 0 saturated heterocycles. The summed E-state index contributed by atoms with van der Waals surface area (Å²) < 4.78 is 24.6. The molecule has 0 atom stereocenters. The molecule has 0 aliphatic heterocycles. The fraction of sp³-hybridized carbons (Fsp3) is 0.250. The lowest BCUT2D eigenvalue weighted by Crippen LogP contribution is -2.24. The summed E-state index contributed by atoms with van der Waals surface area (Å²) in [6, 6.07) is 10.1. The number of hydrogen-bond acceptors (Lipinski definition) is 6. The summed E-state index contributed by atoms with van der Waals surface area (Å²) in [6.07, 6.45) is 3.37. The molecular weight excluding hydrogens is 344 g/mol. The van der Waals surface area contributed by atoms with E-state index in [2.05, 4.69) is 37.5 Å². The van der Waals surface area contributed by atoms with Crippen LogP contribution in [0.15, 0.2) is 42.0 Å². The zero-order chi connectivity index (χ0) is 17.0. The van der Waals surface area contributed by atoms with Crippen LogP contribution in [0.2, 0.25) is 0 Å². The highest BCUT2D eigenvalue weighted by Gasteiger charge is 2.12. The molecule has 3 rings (SSSR count). The topological polar surface area (TPSA) is 84.0 Å². The summed E-state index contributed by atoms with van der Waals surface area (Å²) in [6.45, 7) is 1.02. The van der Waals surface area contributed by atoms with Gasteiger partial charge in [0.05, 0.1) is 11.6 Å². The maximum absolute atomic E-state index is 11.1. The molecule has 3 aromatic rings. The van der Waals surface area contributed by atoms with Crippen molar-refractivity contribution in [1.82, 2.24) is 14.7 Å². The smallest absolute Gasteiger partial charge is 0.208 e. The van der Waals surface area contributed by atoms with Crippen molar-refractivity contribution in [2.24, 2.45) is 0 Å². The van der Waals surface area contributed by atoms with Crippen molar-refractivity contribution >= 4 is 37.4 Å². The van der Waals surface area contributed by atoms with Gasteiger partial charge in [0.1, 0.15) is 17.0 Å². The number of aromatic nitrogens is 2. The molecule has 2 heterocycles. The van der Waals surface area contributed by atoms with E-state index in [0.29, 0.717) is 19.5 Å². The number of rotatable bonds is 7. The Balaban J connectivity index is 1.77. The molecule has 2 N–H and O–H groups in total. The van der Waals surface area contributed by atoms with Crippen molar-refractivity contribution in [3.63, 3.8) is 0 Å². The molecule has 0 spiro atoms. The molecule has 0 fully saturated rings. The Morgan fingerprint density at radius 1 is 1.12 bits per heavy atom. The van der Waals surface area contributed by atoms with Crippen LogP contribution in [-0.4, -0.2) is 37.7 Å². The number of benzene rings is 1. The van der Waals surface area contributed by atoms with Crippen molar-refractivity contribution < 1.29 is 8.42 Å². The molecule has 0 amide bonds. The van der Waals surface area contributed by atoms with Crippen molar-refractivity contribution in [2.45, 2.75) is 6.42 Å². The zero-order valence-electron chi connectivity index (χ0n) is 13.2. The van der Waals surface area contributed by atoms with E-state index in [1.54, 1.807) is 17.7 Å². The molecule has 8 heteroatoms. The number of sulfonamides is 1. The molecule has 6 nitrogen and oxygen atoms in total. The van der Waals surface area contributed by atoms with Gasteiger partial charge in [-0.25, -0.2) is 23.1 Å². The first-order valence-corrected chi connectivity index (χ1v) is 10.3. The highest BCUT2D eigenvalue weighted by molar-refractivity contribution is 7.88. The minimum absolute atomic E-state index is 0.398. The van der Waals surface area contributed by atoms with Gasteiger partial charge in [-0.05, 0) is 12.0 Å². The lowest BCUT2D eigenvalue weighted by molar-refractivity contribution is 0.586. The Morgan fingerprint density at radius 3 is 2.67 bits per heavy atom. The third-order valence-corrected chi connectivity index (χ3v) is 5.08. The van der Waals surface area contributed by atoms with Gasteiger partial charge in [-0.1, -0.05) is 30.3 Å². The summed E-state index contributed by atoms with van der Waals surface area (Å²) in [7, 11) is -3.14. The average molecular weight is 362 g/mol. The minimum Gasteiger partial charge on any atom is -0.369 e. The Kier molecular flexibility index (Phi) is 5.08. The number of anilines is 1. The van der Waals surface area contributed by atoms with E-state index in [4.69, 9.17) is 0 Å². The maximum Gasteiger partial charge on any atom is 0.208 e. The van der Waals surface area contributed by atoms with Gasteiger partial charge in [0.2, 0.25) is 10.0 Å². The van der Waals surface area contributed by atoms with Crippen molar-refractivity contribution in [2.75, 3.05) is 24.7 Å². The standard InChI is InChI=1S/C16H18N4O2S2/c1-24(21,22)20-9-5-8-17-15-14-13(12-6-3-2-4-7-12)10-23-16(14)19-11-18-15/h2-4,6-7,10-11,20H,5,8-9H2,1H3,(H,17,18,19). The third-order valence-electron chi connectivity index (χ3n) is 3.47. The van der Waals surface area contributed by atoms with Crippen LogP contribution in [0.1, 0.15) is 6.42 Å². The highest BCUT2D eigenvalue weighted by atomic mass is 32.2. The predicted molar refractivity (Wildman–Crippen MR) is 98.8 cm³/mol. The fourth-order valence-electron chi connectivity index (χ4n) is 2.39. The number of fused-ring (bicyclic) bond motifs is 1. The summed E-state index contributed by atoms with van der Waals surface area (Å²) in [5.74, 6) is 0.777. The number of hydrogen-bond donors (Lipinski definition) is 2. The largest absolute Gasteiger partial charge is 0.369 e. The first-order valence-electron chi connectivity index (χ1n) is 7.51. The van der Waals surface area contributed by atoms with Gasteiger partial charge in [0.25, 0.3) is 0 Å². The Bertz CT molecular complexity index is 924. The van der Waals surface area contributed by atoms with Crippen molar-refractivity contribution in [3.05, 3.63) is 42.0 Å². The molecule has 0 unspecified atom stereocenters. The normalized spacial score (nSPS) is 11.7. The Morgan fingerprint density at radius 2 is 1.92 bits per heavy atom. The third kappa shape index (κ3) is 4.08. The molecule has 24 heavy (non-hydrogen) atoms. The molecule has 0 saturated carbocycles. The molecule has 126 valence electrons. The highest BCUT2D eigenvalue weighted by Crippen LogP contribution is 2.36. The Labute approximate surface area is 145 Å². The molecule has 0 bridgehead atoms. The first-order chi connectivity index (χ1) is 11.5. The monoisotopic (exact) mass is 362 g/mol. The van der Waals surface area contributed by atoms with Gasteiger partial charge in [-0.15, -0.1) is 11.3 Å². The van der Waals surface area contributed by atoms with Crippen LogP contribution in [0.25, 0.3) is 21.3 Å². The summed E-state index contributed by atoms with van der Waals surface area (Å²) >= 11 is 1.59. The van der Waals surface area contributed by atoms with Gasteiger partial charge < -0.3 is 5.32 Å². The first kappa shape index (κ1) is 16.8. The van der Waals surface area contributed by atoms with Crippen LogP contribution in [0.5, 0.6) is 0 Å². The fourth-order valence-corrected chi connectivity index (χ4v) is 3.82. The lowest BCUT2D eigenvalue weighted by Gasteiger charge is -2.08. The summed E-state index contributed by atoms with van der Waals surface area (Å²) in [5.41, 5.74) is 2.23. The predicted octanol–water partition coefficient (Wildman–Crippen LogP) is 2.71. The van der Waals surface area contributed by atoms with Crippen LogP contribution >= 0.6 is 11.3 Å². The summed E-state index contributed by atoms with van der Waals surface area (Å²) in [5, 5.41) is 6.38. The van der Waals surface area contributed by atoms with Gasteiger partial charge in [-0.3, -0.25) is 0 Å². The van der Waals surface area contributed by atoms with Crippen LogP contribution in [-0.2, 0) is 10.0 Å². The SMILES string of the molecule is CS(=O)(=O)NCCCNc1ncnc2scc(-c3ccccc3)c12. The molecular formula is C16H18N4O2S2. The number of thiophene rings is 1. The second-order valence-corrected chi connectivity index (χ2v) is 8.06. The van der Waals surface area contributed by atoms with E-state index in [1.165, 1.54) is 0 Å². The number of nitrogens with one attached hydrogen (secondary N) is 2. The van der Waals surface area contributed by atoms with Crippen molar-refractivity contribution in [1.29, 1.82) is 0 Å². The van der Waals surface area contributed by atoms with E-state index in [1.807, 2.05) is 18.2 Å². The molecule has 0 aliphatic rings. The molecule has 2 aromatic heterocycles. The van der Waals surface area contributed by atoms with E-state index in [-0.39, 0.29) is 0 Å². The van der Waals surface area contributed by atoms with Crippen molar-refractivity contribution in [3.8, 4) is 11.1 Å². The lowest BCUT2D eigenvalue weighted by atomic mass is 10.1. The minimum atomic E-state index is -3.14. The average Bonchev–Trinajstić information content (AvgIpc) is 2.99. The van der Waals surface area contributed by atoms with Crippen LogP contribution in [0, 0.1) is 0 Å². The van der Waals surface area contributed by atoms with Crippen LogP contribution < -0.4 is 10.0 Å². The van der Waals surface area contributed by atoms with E-state index in [0.717, 1.165) is 33.4 Å². The second-order valence-electron chi connectivity index (χ2n) is 5.36. The quantitative estimate of drug-likeness (QED) is 0.631. The van der Waals surface area contributed by atoms with Gasteiger partial charge in [-0.2, -0.15) is 0 Å². The molecule has 0 radical (unpaired) electrons. The van der Waals surface area contributed by atoms with E-state index < -0.39 is 10.0 Å². The van der Waals surface area contributed by atoms with Crippen LogP contribution in [0.4, 0.5) is 5.82 Å². The van der Waals surface area contributed by atoms with E-state index in [9.17, 15) is 8.42 Å². The van der Waals surface area contributed by atoms with Gasteiger partial charge >= 0.3 is 0 Å². The Hall–Kier alpha value is -2.03. The molecule has 1 aromatic carbocycles. The zero-order valence-corrected chi connectivity index (χ0v) is 14.8. The van der Waals surface area contributed by atoms with Crippen LogP contribution in [0.3, 0.4) is 0 Å². The van der Waals surface area contributed by atoms with Gasteiger partial charge in [0.15, 0.2) is 0 Å².